The second-order valence-corrected chi connectivity index (χ2v) is 3.08. The Labute approximate surface area is 54.7 Å². The third-order valence-electron chi connectivity index (χ3n) is 1.71. The lowest BCUT2D eigenvalue weighted by Crippen LogP contribution is -2.22. The number of carbonyl (C=O) groups excluding carboxylic acids is 1. The smallest absolute Gasteiger partial charge is 0.184 e. The van der Waals surface area contributed by atoms with Gasteiger partial charge in [-0.25, -0.2) is 0 Å². The molecule has 1 rings (SSSR count). The Morgan fingerprint density at radius 1 is 1.67 bits per heavy atom. The quantitative estimate of drug-likeness (QED) is 0.521. The van der Waals surface area contributed by atoms with Crippen molar-refractivity contribution in [3.63, 3.8) is 0 Å². The van der Waals surface area contributed by atoms with Gasteiger partial charge in [-0.3, -0.25) is 4.79 Å². The summed E-state index contributed by atoms with van der Waals surface area (Å²) < 4.78 is 0. The van der Waals surface area contributed by atoms with Crippen molar-refractivity contribution in [3.8, 4) is 0 Å². The van der Waals surface area contributed by atoms with Gasteiger partial charge in [0.2, 0.25) is 0 Å². The Hall–Kier alpha value is -0.790. The molecule has 0 saturated carbocycles. The van der Waals surface area contributed by atoms with Crippen LogP contribution in [0.4, 0.5) is 0 Å². The zero-order valence-corrected chi connectivity index (χ0v) is 5.77. The standard InChI is InChI=1S/C7H11NO/c1-7(2)4-3-5(8)6(7)9/h3H,4,8H2,1-2H3. The molecule has 0 unspecified atom stereocenters. The Morgan fingerprint density at radius 3 is 2.33 bits per heavy atom. The predicted octanol–water partition coefficient (Wildman–Crippen LogP) is 0.828. The highest BCUT2D eigenvalue weighted by molar-refractivity contribution is 6.00. The van der Waals surface area contributed by atoms with Crippen molar-refractivity contribution in [2.45, 2.75) is 20.3 Å². The fraction of sp³-hybridized carbons (Fsp3) is 0.571. The number of allylic oxidation sites excluding steroid dienone is 2. The fourth-order valence-corrected chi connectivity index (χ4v) is 0.941. The van der Waals surface area contributed by atoms with Gasteiger partial charge in [-0.2, -0.15) is 0 Å². The minimum atomic E-state index is -0.232. The molecule has 0 aromatic rings. The SMILES string of the molecule is CC1(C)CC=C(N)C1=O. The van der Waals surface area contributed by atoms with Crippen molar-refractivity contribution < 1.29 is 4.79 Å². The number of rotatable bonds is 0. The van der Waals surface area contributed by atoms with Gasteiger partial charge >= 0.3 is 0 Å². The fourth-order valence-electron chi connectivity index (χ4n) is 0.941. The van der Waals surface area contributed by atoms with Gasteiger partial charge < -0.3 is 5.73 Å². The minimum absolute atomic E-state index is 0.0856. The van der Waals surface area contributed by atoms with E-state index in [1.54, 1.807) is 6.08 Å². The highest BCUT2D eigenvalue weighted by atomic mass is 16.1. The van der Waals surface area contributed by atoms with Gasteiger partial charge in [0.25, 0.3) is 0 Å². The molecular formula is C7H11NO. The van der Waals surface area contributed by atoms with Crippen molar-refractivity contribution in [1.82, 2.24) is 0 Å². The van der Waals surface area contributed by atoms with Crippen LogP contribution in [0.3, 0.4) is 0 Å². The Morgan fingerprint density at radius 2 is 2.22 bits per heavy atom. The summed E-state index contributed by atoms with van der Waals surface area (Å²) in [5, 5.41) is 0. The lowest BCUT2D eigenvalue weighted by atomic mass is 9.89. The Kier molecular flexibility index (Phi) is 1.12. The molecular weight excluding hydrogens is 114 g/mol. The topological polar surface area (TPSA) is 43.1 Å². The highest BCUT2D eigenvalue weighted by Crippen LogP contribution is 2.30. The van der Waals surface area contributed by atoms with Crippen LogP contribution in [0.25, 0.3) is 0 Å². The van der Waals surface area contributed by atoms with Gasteiger partial charge in [0.1, 0.15) is 0 Å². The second kappa shape index (κ2) is 1.59. The number of carbonyl (C=O) groups is 1. The normalized spacial score (nSPS) is 24.2. The molecule has 0 aliphatic heterocycles. The molecule has 9 heavy (non-hydrogen) atoms. The number of nitrogens with two attached hydrogens (primary N) is 1. The zero-order valence-electron chi connectivity index (χ0n) is 5.77. The van der Waals surface area contributed by atoms with E-state index in [4.69, 9.17) is 5.73 Å². The van der Waals surface area contributed by atoms with Crippen LogP contribution >= 0.6 is 0 Å². The molecule has 0 fully saturated rings. The summed E-state index contributed by atoms with van der Waals surface area (Å²) in [7, 11) is 0. The van der Waals surface area contributed by atoms with Crippen LogP contribution < -0.4 is 5.73 Å². The molecule has 1 aliphatic carbocycles. The van der Waals surface area contributed by atoms with E-state index < -0.39 is 0 Å². The first-order chi connectivity index (χ1) is 4.04. The molecule has 0 aromatic heterocycles. The molecule has 0 radical (unpaired) electrons. The van der Waals surface area contributed by atoms with E-state index in [1.807, 2.05) is 13.8 Å². The maximum atomic E-state index is 11.0. The van der Waals surface area contributed by atoms with Gasteiger partial charge in [0, 0.05) is 5.41 Å². The Bertz CT molecular complexity index is 179. The lowest BCUT2D eigenvalue weighted by Gasteiger charge is -2.13. The Balaban J connectivity index is 2.86. The van der Waals surface area contributed by atoms with Crippen LogP contribution in [-0.2, 0) is 4.79 Å². The number of hydrogen-bond acceptors (Lipinski definition) is 2. The molecule has 0 bridgehead atoms. The molecule has 2 nitrogen and oxygen atoms in total. The third-order valence-corrected chi connectivity index (χ3v) is 1.71. The van der Waals surface area contributed by atoms with Crippen LogP contribution in [0, 0.1) is 5.41 Å². The molecule has 50 valence electrons. The van der Waals surface area contributed by atoms with E-state index in [-0.39, 0.29) is 11.2 Å². The summed E-state index contributed by atoms with van der Waals surface area (Å²) in [5.41, 5.74) is 5.56. The minimum Gasteiger partial charge on any atom is -0.396 e. The third kappa shape index (κ3) is 0.846. The van der Waals surface area contributed by atoms with Crippen molar-refractivity contribution >= 4 is 5.78 Å². The van der Waals surface area contributed by atoms with Crippen molar-refractivity contribution in [2.75, 3.05) is 0 Å². The summed E-state index contributed by atoms with van der Waals surface area (Å²) in [6, 6.07) is 0. The maximum absolute atomic E-state index is 11.0. The van der Waals surface area contributed by atoms with Gasteiger partial charge in [-0.1, -0.05) is 19.9 Å². The molecule has 0 amide bonds. The van der Waals surface area contributed by atoms with Gasteiger partial charge in [0.05, 0.1) is 5.70 Å². The maximum Gasteiger partial charge on any atom is 0.184 e. The first kappa shape index (κ1) is 6.33. The molecule has 1 aliphatic rings. The largest absolute Gasteiger partial charge is 0.396 e. The van der Waals surface area contributed by atoms with Crippen LogP contribution in [0.15, 0.2) is 11.8 Å². The molecule has 0 saturated heterocycles. The van der Waals surface area contributed by atoms with Gasteiger partial charge in [0.15, 0.2) is 5.78 Å². The summed E-state index contributed by atoms with van der Waals surface area (Å²) in [6.45, 7) is 3.82. The predicted molar refractivity (Wildman–Crippen MR) is 35.7 cm³/mol. The van der Waals surface area contributed by atoms with Crippen molar-refractivity contribution in [1.29, 1.82) is 0 Å². The van der Waals surface area contributed by atoms with Crippen molar-refractivity contribution in [3.05, 3.63) is 11.8 Å². The van der Waals surface area contributed by atoms with E-state index in [0.717, 1.165) is 6.42 Å². The number of hydrogen-bond donors (Lipinski definition) is 1. The summed E-state index contributed by atoms with van der Waals surface area (Å²) >= 11 is 0. The average Bonchev–Trinajstić information content (AvgIpc) is 1.97. The second-order valence-electron chi connectivity index (χ2n) is 3.08. The first-order valence-corrected chi connectivity index (χ1v) is 3.04. The summed E-state index contributed by atoms with van der Waals surface area (Å²) in [5.74, 6) is 0.0856. The molecule has 2 N–H and O–H groups in total. The summed E-state index contributed by atoms with van der Waals surface area (Å²) in [4.78, 5) is 11.0. The van der Waals surface area contributed by atoms with Crippen LogP contribution in [-0.4, -0.2) is 5.78 Å². The van der Waals surface area contributed by atoms with Gasteiger partial charge in [-0.05, 0) is 6.42 Å². The monoisotopic (exact) mass is 125 g/mol. The van der Waals surface area contributed by atoms with Crippen LogP contribution in [0.1, 0.15) is 20.3 Å². The van der Waals surface area contributed by atoms with E-state index in [2.05, 4.69) is 0 Å². The van der Waals surface area contributed by atoms with E-state index >= 15 is 0 Å². The molecule has 0 atom stereocenters. The average molecular weight is 125 g/mol. The number of Topliss-reactive ketones (excluding diaryl/α,β-unsaturated/α-hetero) is 1. The van der Waals surface area contributed by atoms with Crippen LogP contribution in [0.5, 0.6) is 0 Å². The van der Waals surface area contributed by atoms with Gasteiger partial charge in [-0.15, -0.1) is 0 Å². The van der Waals surface area contributed by atoms with E-state index in [0.29, 0.717) is 5.70 Å². The zero-order chi connectivity index (χ0) is 7.07. The number of ketones is 1. The highest BCUT2D eigenvalue weighted by Gasteiger charge is 2.32. The molecule has 0 aromatic carbocycles. The molecule has 0 heterocycles. The first-order valence-electron chi connectivity index (χ1n) is 3.04. The van der Waals surface area contributed by atoms with E-state index in [9.17, 15) is 4.79 Å². The summed E-state index contributed by atoms with van der Waals surface area (Å²) in [6.07, 6.45) is 2.58. The molecule has 2 heteroatoms. The lowest BCUT2D eigenvalue weighted by molar-refractivity contribution is -0.122. The van der Waals surface area contributed by atoms with Crippen LogP contribution in [0.2, 0.25) is 0 Å². The van der Waals surface area contributed by atoms with E-state index in [1.165, 1.54) is 0 Å². The molecule has 0 spiro atoms. The van der Waals surface area contributed by atoms with Crippen molar-refractivity contribution in [2.24, 2.45) is 11.1 Å².